The lowest BCUT2D eigenvalue weighted by molar-refractivity contribution is -0.137. The van der Waals surface area contributed by atoms with Crippen LogP contribution in [-0.4, -0.2) is 56.9 Å². The van der Waals surface area contributed by atoms with Crippen molar-refractivity contribution in [2.24, 2.45) is 0 Å². The molecule has 1 aliphatic rings. The minimum atomic E-state index is -4.60. The van der Waals surface area contributed by atoms with E-state index in [1.54, 1.807) is 0 Å². The fourth-order valence-corrected chi connectivity index (χ4v) is 3.60. The number of piperidine rings is 1. The quantitative estimate of drug-likeness (QED) is 0.583. The Bertz CT molecular complexity index is 1030. The Balaban J connectivity index is 1.38. The zero-order chi connectivity index (χ0) is 22.2. The predicted octanol–water partition coefficient (Wildman–Crippen LogP) is 3.99. The molecule has 2 aromatic heterocycles. The smallest absolute Gasteiger partial charge is 0.364 e. The van der Waals surface area contributed by atoms with E-state index >= 15 is 0 Å². The number of likely N-dealkylation sites (tertiary alicyclic amines) is 1. The molecule has 2 atom stereocenters. The minimum absolute atomic E-state index is 0.188. The van der Waals surface area contributed by atoms with Gasteiger partial charge in [-0.3, -0.25) is 10.00 Å². The van der Waals surface area contributed by atoms with Gasteiger partial charge in [0.05, 0.1) is 29.7 Å². The Morgan fingerprint density at radius 3 is 2.45 bits per heavy atom. The van der Waals surface area contributed by atoms with Crippen molar-refractivity contribution in [1.82, 2.24) is 25.1 Å². The van der Waals surface area contributed by atoms with Crippen LogP contribution < -0.4 is 5.32 Å². The predicted molar refractivity (Wildman–Crippen MR) is 100 cm³/mol. The molecule has 0 amide bonds. The van der Waals surface area contributed by atoms with E-state index in [0.717, 1.165) is 12.1 Å². The number of rotatable bonds is 5. The summed E-state index contributed by atoms with van der Waals surface area (Å²) < 4.78 is 81.8. The van der Waals surface area contributed by atoms with Crippen LogP contribution in [0.15, 0.2) is 36.8 Å². The lowest BCUT2D eigenvalue weighted by Gasteiger charge is -2.37. The molecule has 0 spiro atoms. The van der Waals surface area contributed by atoms with E-state index in [0.29, 0.717) is 29.0 Å². The number of aromatic amines is 1. The van der Waals surface area contributed by atoms with Gasteiger partial charge in [-0.25, -0.2) is 14.4 Å². The largest absolute Gasteiger partial charge is 0.416 e. The Hall–Kier alpha value is -2.89. The molecule has 6 nitrogen and oxygen atoms in total. The van der Waals surface area contributed by atoms with E-state index in [2.05, 4.69) is 25.5 Å². The molecule has 1 aromatic carbocycles. The van der Waals surface area contributed by atoms with Crippen LogP contribution in [0.4, 0.5) is 32.2 Å². The van der Waals surface area contributed by atoms with Gasteiger partial charge in [0.1, 0.15) is 18.3 Å². The Labute approximate surface area is 172 Å². The molecule has 1 fully saturated rings. The summed E-state index contributed by atoms with van der Waals surface area (Å²) in [6.45, 7) is -0.841. The molecule has 0 saturated carbocycles. The maximum Gasteiger partial charge on any atom is 0.416 e. The Morgan fingerprint density at radius 1 is 1.06 bits per heavy atom. The minimum Gasteiger partial charge on any atom is -0.364 e. The number of H-pyrrole nitrogens is 1. The first kappa shape index (κ1) is 21.3. The zero-order valence-corrected chi connectivity index (χ0v) is 16.0. The highest BCUT2D eigenvalue weighted by molar-refractivity contribution is 5.85. The average molecular weight is 444 g/mol. The number of hydrogen-bond donors (Lipinski definition) is 2. The fourth-order valence-electron chi connectivity index (χ4n) is 3.60. The molecule has 1 saturated heterocycles. The van der Waals surface area contributed by atoms with Gasteiger partial charge in [0.25, 0.3) is 5.92 Å². The molecule has 0 aliphatic carbocycles. The van der Waals surface area contributed by atoms with Gasteiger partial charge < -0.3 is 5.32 Å². The molecule has 3 heterocycles. The summed E-state index contributed by atoms with van der Waals surface area (Å²) in [5.41, 5.74) is -1.06. The fraction of sp³-hybridized carbons (Fsp3) is 0.421. The third-order valence-corrected chi connectivity index (χ3v) is 5.25. The SMILES string of the molecule is FC1CN(CC(F)(F)c2ccc(C(F)(F)F)cc2)CCC1Nc1ncnc2[nH]ncc12. The third kappa shape index (κ3) is 4.58. The van der Waals surface area contributed by atoms with Crippen LogP contribution in [0.2, 0.25) is 0 Å². The van der Waals surface area contributed by atoms with Crippen molar-refractivity contribution in [2.45, 2.75) is 30.7 Å². The molecule has 1 aliphatic heterocycles. The molecule has 2 N–H and O–H groups in total. The highest BCUT2D eigenvalue weighted by Crippen LogP contribution is 2.34. The van der Waals surface area contributed by atoms with Crippen molar-refractivity contribution in [3.63, 3.8) is 0 Å². The monoisotopic (exact) mass is 444 g/mol. The molecule has 0 bridgehead atoms. The normalized spacial score (nSPS) is 20.8. The summed E-state index contributed by atoms with van der Waals surface area (Å²) >= 11 is 0. The molecule has 31 heavy (non-hydrogen) atoms. The number of fused-ring (bicyclic) bond motifs is 1. The molecule has 2 unspecified atom stereocenters. The van der Waals surface area contributed by atoms with Gasteiger partial charge in [-0.15, -0.1) is 0 Å². The summed E-state index contributed by atoms with van der Waals surface area (Å²) in [6.07, 6.45) is -3.00. The van der Waals surface area contributed by atoms with E-state index in [9.17, 15) is 26.3 Å². The first-order chi connectivity index (χ1) is 14.6. The van der Waals surface area contributed by atoms with Gasteiger partial charge in [0, 0.05) is 18.7 Å². The standard InChI is InChI=1S/C19H18F6N6/c20-14-8-31(9-18(21,22)11-1-3-12(4-2-11)19(23,24)25)6-5-15(14)29-16-13-7-28-30-17(13)27-10-26-16/h1-4,7,10,14-15H,5-6,8-9H2,(H2,26,27,28,29,30). The van der Waals surface area contributed by atoms with Crippen LogP contribution in [0.25, 0.3) is 11.0 Å². The van der Waals surface area contributed by atoms with Crippen molar-refractivity contribution >= 4 is 16.9 Å². The number of hydrogen-bond acceptors (Lipinski definition) is 5. The van der Waals surface area contributed by atoms with Gasteiger partial charge in [-0.1, -0.05) is 12.1 Å². The molecular weight excluding hydrogens is 426 g/mol. The second kappa shape index (κ2) is 7.98. The molecular formula is C19H18F6N6. The zero-order valence-electron chi connectivity index (χ0n) is 16.0. The second-order valence-electron chi connectivity index (χ2n) is 7.42. The Kier molecular flexibility index (Phi) is 5.50. The van der Waals surface area contributed by atoms with Gasteiger partial charge in [-0.05, 0) is 18.6 Å². The van der Waals surface area contributed by atoms with Gasteiger partial charge in [0.2, 0.25) is 0 Å². The summed E-state index contributed by atoms with van der Waals surface area (Å²) in [7, 11) is 0. The van der Waals surface area contributed by atoms with Gasteiger partial charge >= 0.3 is 6.18 Å². The number of nitrogens with zero attached hydrogens (tertiary/aromatic N) is 4. The highest BCUT2D eigenvalue weighted by Gasteiger charge is 2.39. The van der Waals surface area contributed by atoms with Crippen molar-refractivity contribution in [3.8, 4) is 0 Å². The number of nitrogens with one attached hydrogen (secondary N) is 2. The van der Waals surface area contributed by atoms with E-state index in [4.69, 9.17) is 0 Å². The van der Waals surface area contributed by atoms with E-state index < -0.39 is 42.0 Å². The molecule has 166 valence electrons. The summed E-state index contributed by atoms with van der Waals surface area (Å²) in [5.74, 6) is -3.02. The van der Waals surface area contributed by atoms with Crippen LogP contribution >= 0.6 is 0 Å². The summed E-state index contributed by atoms with van der Waals surface area (Å²) in [6, 6.07) is 2.12. The molecule has 0 radical (unpaired) electrons. The highest BCUT2D eigenvalue weighted by atomic mass is 19.4. The van der Waals surface area contributed by atoms with Crippen molar-refractivity contribution < 1.29 is 26.3 Å². The summed E-state index contributed by atoms with van der Waals surface area (Å²) in [4.78, 5) is 9.36. The van der Waals surface area contributed by atoms with Gasteiger partial charge in [0.15, 0.2) is 5.65 Å². The molecule has 4 rings (SSSR count). The second-order valence-corrected chi connectivity index (χ2v) is 7.42. The van der Waals surface area contributed by atoms with Crippen molar-refractivity contribution in [3.05, 3.63) is 47.9 Å². The first-order valence-corrected chi connectivity index (χ1v) is 9.46. The van der Waals surface area contributed by atoms with E-state index in [-0.39, 0.29) is 19.5 Å². The van der Waals surface area contributed by atoms with Crippen LogP contribution in [-0.2, 0) is 12.1 Å². The maximum atomic E-state index is 14.7. The lowest BCUT2D eigenvalue weighted by atomic mass is 10.0. The van der Waals surface area contributed by atoms with E-state index in [1.165, 1.54) is 17.4 Å². The van der Waals surface area contributed by atoms with E-state index in [1.807, 2.05) is 0 Å². The number of halogens is 6. The average Bonchev–Trinajstić information content (AvgIpc) is 3.19. The number of alkyl halides is 6. The Morgan fingerprint density at radius 2 is 1.77 bits per heavy atom. The third-order valence-electron chi connectivity index (χ3n) is 5.25. The first-order valence-electron chi connectivity index (χ1n) is 9.46. The number of anilines is 1. The summed E-state index contributed by atoms with van der Waals surface area (Å²) in [5, 5.41) is 10.1. The molecule has 3 aromatic rings. The van der Waals surface area contributed by atoms with Gasteiger partial charge in [-0.2, -0.15) is 27.1 Å². The topological polar surface area (TPSA) is 69.7 Å². The van der Waals surface area contributed by atoms with Crippen LogP contribution in [0.5, 0.6) is 0 Å². The van der Waals surface area contributed by atoms with Crippen molar-refractivity contribution in [1.29, 1.82) is 0 Å². The number of benzene rings is 1. The number of aromatic nitrogens is 4. The lowest BCUT2D eigenvalue weighted by Crippen LogP contribution is -2.50. The molecule has 12 heteroatoms. The maximum absolute atomic E-state index is 14.7. The van der Waals surface area contributed by atoms with Crippen LogP contribution in [0.3, 0.4) is 0 Å². The van der Waals surface area contributed by atoms with Crippen LogP contribution in [0.1, 0.15) is 17.5 Å². The van der Waals surface area contributed by atoms with Crippen LogP contribution in [0, 0.1) is 0 Å². The van der Waals surface area contributed by atoms with Crippen molar-refractivity contribution in [2.75, 3.05) is 25.0 Å².